The van der Waals surface area contributed by atoms with Gasteiger partial charge < -0.3 is 0 Å². The average Bonchev–Trinajstić information content (AvgIpc) is 2.43. The number of aromatic nitrogens is 2. The predicted octanol–water partition coefficient (Wildman–Crippen LogP) is 2.89. The van der Waals surface area contributed by atoms with E-state index in [9.17, 15) is 9.18 Å². The minimum atomic E-state index is -0.304. The Balaban J connectivity index is 2.14. The van der Waals surface area contributed by atoms with Crippen LogP contribution in [0, 0.1) is 12.7 Å². The van der Waals surface area contributed by atoms with E-state index in [-0.39, 0.29) is 11.4 Å². The van der Waals surface area contributed by atoms with Crippen molar-refractivity contribution in [3.8, 4) is 0 Å². The molecule has 0 unspecified atom stereocenters. The van der Waals surface area contributed by atoms with Gasteiger partial charge in [-0.2, -0.15) is 0 Å². The highest BCUT2D eigenvalue weighted by Crippen LogP contribution is 2.10. The van der Waals surface area contributed by atoms with Crippen molar-refractivity contribution >= 4 is 10.9 Å². The van der Waals surface area contributed by atoms with Crippen molar-refractivity contribution in [2.24, 2.45) is 0 Å². The molecule has 0 saturated carbocycles. The van der Waals surface area contributed by atoms with Gasteiger partial charge in [-0.1, -0.05) is 24.3 Å². The number of nitrogens with zero attached hydrogens (tertiary/aromatic N) is 2. The lowest BCUT2D eigenvalue weighted by Crippen LogP contribution is -2.24. The summed E-state index contributed by atoms with van der Waals surface area (Å²) in [6, 6.07) is 13.5. The van der Waals surface area contributed by atoms with E-state index in [0.717, 1.165) is 5.56 Å². The van der Waals surface area contributed by atoms with Crippen molar-refractivity contribution in [1.82, 2.24) is 9.55 Å². The first-order valence-corrected chi connectivity index (χ1v) is 6.36. The van der Waals surface area contributed by atoms with E-state index in [1.165, 1.54) is 12.1 Å². The highest BCUT2D eigenvalue weighted by molar-refractivity contribution is 5.77. The van der Waals surface area contributed by atoms with Crippen molar-refractivity contribution in [1.29, 1.82) is 0 Å². The summed E-state index contributed by atoms with van der Waals surface area (Å²) in [5.74, 6) is 0.319. The van der Waals surface area contributed by atoms with Crippen LogP contribution in [0.25, 0.3) is 10.9 Å². The first-order chi connectivity index (χ1) is 9.65. The number of hydrogen-bond acceptors (Lipinski definition) is 2. The molecule has 1 heterocycles. The Morgan fingerprint density at radius 1 is 1.15 bits per heavy atom. The monoisotopic (exact) mass is 268 g/mol. The smallest absolute Gasteiger partial charge is 0.261 e. The first-order valence-electron chi connectivity index (χ1n) is 6.36. The number of hydrogen-bond donors (Lipinski definition) is 0. The third-order valence-corrected chi connectivity index (χ3v) is 3.28. The van der Waals surface area contributed by atoms with E-state index in [4.69, 9.17) is 0 Å². The second-order valence-corrected chi connectivity index (χ2v) is 4.70. The van der Waals surface area contributed by atoms with Gasteiger partial charge in [-0.25, -0.2) is 9.37 Å². The summed E-state index contributed by atoms with van der Waals surface area (Å²) in [5.41, 5.74) is 1.33. The van der Waals surface area contributed by atoms with Gasteiger partial charge in [0.1, 0.15) is 11.6 Å². The molecule has 4 heteroatoms. The quantitative estimate of drug-likeness (QED) is 0.716. The SMILES string of the molecule is Cc1nc2ccccc2c(=O)n1Cc1cccc(F)c1. The lowest BCUT2D eigenvalue weighted by Gasteiger charge is -2.10. The molecule has 0 atom stereocenters. The zero-order chi connectivity index (χ0) is 14.1. The fourth-order valence-corrected chi connectivity index (χ4v) is 2.28. The van der Waals surface area contributed by atoms with Gasteiger partial charge in [0, 0.05) is 0 Å². The minimum Gasteiger partial charge on any atom is -0.292 e. The van der Waals surface area contributed by atoms with Gasteiger partial charge in [0.2, 0.25) is 0 Å². The maximum Gasteiger partial charge on any atom is 0.261 e. The Kier molecular flexibility index (Phi) is 3.06. The molecular weight excluding hydrogens is 255 g/mol. The summed E-state index contributed by atoms with van der Waals surface area (Å²) >= 11 is 0. The number of rotatable bonds is 2. The highest BCUT2D eigenvalue weighted by atomic mass is 19.1. The fourth-order valence-electron chi connectivity index (χ4n) is 2.28. The molecule has 0 fully saturated rings. The number of benzene rings is 2. The van der Waals surface area contributed by atoms with Gasteiger partial charge in [-0.15, -0.1) is 0 Å². The Labute approximate surface area is 115 Å². The largest absolute Gasteiger partial charge is 0.292 e. The van der Waals surface area contributed by atoms with Crippen LogP contribution >= 0.6 is 0 Å². The lowest BCUT2D eigenvalue weighted by atomic mass is 10.2. The topological polar surface area (TPSA) is 34.9 Å². The molecule has 2 aromatic carbocycles. The molecule has 0 aliphatic heterocycles. The second kappa shape index (κ2) is 4.89. The third-order valence-electron chi connectivity index (χ3n) is 3.28. The minimum absolute atomic E-state index is 0.0997. The number of halogens is 1. The van der Waals surface area contributed by atoms with Crippen molar-refractivity contribution in [2.75, 3.05) is 0 Å². The van der Waals surface area contributed by atoms with Crippen LogP contribution in [-0.4, -0.2) is 9.55 Å². The Morgan fingerprint density at radius 3 is 2.75 bits per heavy atom. The van der Waals surface area contributed by atoms with Gasteiger partial charge in [0.25, 0.3) is 5.56 Å². The van der Waals surface area contributed by atoms with Crippen molar-refractivity contribution < 1.29 is 4.39 Å². The molecule has 3 nitrogen and oxygen atoms in total. The van der Waals surface area contributed by atoms with Gasteiger partial charge in [-0.3, -0.25) is 9.36 Å². The molecule has 0 aliphatic carbocycles. The molecule has 0 spiro atoms. The van der Waals surface area contributed by atoms with Crippen molar-refractivity contribution in [3.05, 3.63) is 76.1 Å². The van der Waals surface area contributed by atoms with E-state index in [1.807, 2.05) is 18.2 Å². The third kappa shape index (κ3) is 2.20. The second-order valence-electron chi connectivity index (χ2n) is 4.70. The van der Waals surface area contributed by atoms with Crippen LogP contribution in [0.15, 0.2) is 53.3 Å². The zero-order valence-electron chi connectivity index (χ0n) is 11.0. The van der Waals surface area contributed by atoms with E-state index < -0.39 is 0 Å². The van der Waals surface area contributed by atoms with Crippen LogP contribution in [0.3, 0.4) is 0 Å². The van der Waals surface area contributed by atoms with Crippen LogP contribution in [0.5, 0.6) is 0 Å². The average molecular weight is 268 g/mol. The van der Waals surface area contributed by atoms with Crippen molar-refractivity contribution in [2.45, 2.75) is 13.5 Å². The molecule has 0 bridgehead atoms. The normalized spacial score (nSPS) is 10.9. The Hall–Kier alpha value is -2.49. The molecule has 1 aromatic heterocycles. The van der Waals surface area contributed by atoms with Crippen LogP contribution < -0.4 is 5.56 Å². The van der Waals surface area contributed by atoms with Gasteiger partial charge >= 0.3 is 0 Å². The van der Waals surface area contributed by atoms with Crippen LogP contribution in [-0.2, 0) is 6.54 Å². The molecule has 3 rings (SSSR count). The van der Waals surface area contributed by atoms with Crippen LogP contribution in [0.2, 0.25) is 0 Å². The molecule has 100 valence electrons. The summed E-state index contributed by atoms with van der Waals surface area (Å²) in [7, 11) is 0. The molecule has 20 heavy (non-hydrogen) atoms. The summed E-state index contributed by atoms with van der Waals surface area (Å²) in [5, 5.41) is 0.578. The maximum atomic E-state index is 13.2. The first kappa shape index (κ1) is 12.5. The number of aryl methyl sites for hydroxylation is 1. The van der Waals surface area contributed by atoms with Crippen molar-refractivity contribution in [3.63, 3.8) is 0 Å². The van der Waals surface area contributed by atoms with Crippen LogP contribution in [0.1, 0.15) is 11.4 Å². The zero-order valence-corrected chi connectivity index (χ0v) is 11.0. The van der Waals surface area contributed by atoms with E-state index >= 15 is 0 Å². The van der Waals surface area contributed by atoms with Gasteiger partial charge in [0.05, 0.1) is 17.4 Å². The maximum absolute atomic E-state index is 13.2. The van der Waals surface area contributed by atoms with Crippen LogP contribution in [0.4, 0.5) is 4.39 Å². The van der Waals surface area contributed by atoms with E-state index in [1.54, 1.807) is 29.7 Å². The predicted molar refractivity (Wildman–Crippen MR) is 76.2 cm³/mol. The molecule has 0 aliphatic rings. The Bertz CT molecular complexity index is 839. The molecule has 0 N–H and O–H groups in total. The lowest BCUT2D eigenvalue weighted by molar-refractivity contribution is 0.621. The van der Waals surface area contributed by atoms with Gasteiger partial charge in [0.15, 0.2) is 0 Å². The summed E-state index contributed by atoms with van der Waals surface area (Å²) < 4.78 is 14.8. The summed E-state index contributed by atoms with van der Waals surface area (Å²) in [4.78, 5) is 16.9. The van der Waals surface area contributed by atoms with E-state index in [2.05, 4.69) is 4.98 Å². The van der Waals surface area contributed by atoms with Gasteiger partial charge in [-0.05, 0) is 36.8 Å². The molecule has 0 amide bonds. The number of fused-ring (bicyclic) bond motifs is 1. The number of para-hydroxylation sites is 1. The molecule has 0 saturated heterocycles. The summed E-state index contributed by atoms with van der Waals surface area (Å²) in [6.07, 6.45) is 0. The highest BCUT2D eigenvalue weighted by Gasteiger charge is 2.08. The molecular formula is C16H13FN2O. The Morgan fingerprint density at radius 2 is 1.95 bits per heavy atom. The summed E-state index contributed by atoms with van der Waals surface area (Å²) in [6.45, 7) is 2.10. The molecule has 3 aromatic rings. The van der Waals surface area contributed by atoms with E-state index in [0.29, 0.717) is 23.3 Å². The fraction of sp³-hybridized carbons (Fsp3) is 0.125. The molecule has 0 radical (unpaired) electrons. The standard InChI is InChI=1S/C16H13FN2O/c1-11-18-15-8-3-2-7-14(15)16(20)19(11)10-12-5-4-6-13(17)9-12/h2-9H,10H2,1H3.